The van der Waals surface area contributed by atoms with Crippen LogP contribution in [0.1, 0.15) is 18.1 Å². The molecule has 4 aromatic rings. The fourth-order valence-electron chi connectivity index (χ4n) is 3.38. The highest BCUT2D eigenvalue weighted by Gasteiger charge is 2.15. The molecular formula is C23H19FN2O2. The largest absolute Gasteiger partial charge is 0.336 e. The molecule has 0 unspecified atom stereocenters. The summed E-state index contributed by atoms with van der Waals surface area (Å²) in [5.74, 6) is -0.386. The number of halogens is 1. The first kappa shape index (κ1) is 17.9. The van der Waals surface area contributed by atoms with Crippen molar-refractivity contribution in [3.05, 3.63) is 111 Å². The van der Waals surface area contributed by atoms with Gasteiger partial charge in [-0.3, -0.25) is 9.36 Å². The third-order valence-corrected chi connectivity index (χ3v) is 4.94. The molecule has 140 valence electrons. The SMILES string of the molecule is CCc1ccc(-n2c(=O)c3ccccc3n(Cc3ccccc3F)c2=O)cc1. The van der Waals surface area contributed by atoms with Crippen LogP contribution in [0, 0.1) is 5.82 Å². The van der Waals surface area contributed by atoms with E-state index >= 15 is 0 Å². The Labute approximate surface area is 161 Å². The van der Waals surface area contributed by atoms with Crippen LogP contribution in [0.15, 0.2) is 82.4 Å². The Kier molecular flexibility index (Phi) is 4.65. The monoisotopic (exact) mass is 374 g/mol. The lowest BCUT2D eigenvalue weighted by molar-refractivity contribution is 0.594. The van der Waals surface area contributed by atoms with Gasteiger partial charge in [-0.15, -0.1) is 0 Å². The van der Waals surface area contributed by atoms with Crippen LogP contribution in [0.25, 0.3) is 16.6 Å². The van der Waals surface area contributed by atoms with E-state index in [0.29, 0.717) is 22.2 Å². The summed E-state index contributed by atoms with van der Waals surface area (Å²) in [7, 11) is 0. The number of aryl methyl sites for hydroxylation is 1. The molecular weight excluding hydrogens is 355 g/mol. The molecule has 0 aliphatic rings. The molecule has 0 aliphatic heterocycles. The highest BCUT2D eigenvalue weighted by Crippen LogP contribution is 2.14. The summed E-state index contributed by atoms with van der Waals surface area (Å²) in [5, 5.41) is 0.415. The number of aromatic nitrogens is 2. The fraction of sp³-hybridized carbons (Fsp3) is 0.130. The average molecular weight is 374 g/mol. The highest BCUT2D eigenvalue weighted by atomic mass is 19.1. The molecule has 0 amide bonds. The predicted octanol–water partition coefficient (Wildman–Crippen LogP) is 3.90. The van der Waals surface area contributed by atoms with E-state index in [9.17, 15) is 14.0 Å². The molecule has 4 rings (SSSR count). The van der Waals surface area contributed by atoms with Crippen LogP contribution in [0.4, 0.5) is 4.39 Å². The average Bonchev–Trinajstić information content (AvgIpc) is 2.73. The molecule has 0 spiro atoms. The summed E-state index contributed by atoms with van der Waals surface area (Å²) in [6.07, 6.45) is 0.865. The van der Waals surface area contributed by atoms with Crippen molar-refractivity contribution in [1.82, 2.24) is 9.13 Å². The van der Waals surface area contributed by atoms with E-state index in [0.717, 1.165) is 16.6 Å². The molecule has 0 N–H and O–H groups in total. The predicted molar refractivity (Wildman–Crippen MR) is 109 cm³/mol. The number of fused-ring (bicyclic) bond motifs is 1. The lowest BCUT2D eigenvalue weighted by Gasteiger charge is -2.15. The van der Waals surface area contributed by atoms with Crippen LogP contribution in [0.3, 0.4) is 0 Å². The van der Waals surface area contributed by atoms with Gasteiger partial charge in [-0.25, -0.2) is 13.8 Å². The molecule has 0 radical (unpaired) electrons. The number of benzene rings is 3. The second-order valence-corrected chi connectivity index (χ2v) is 6.64. The van der Waals surface area contributed by atoms with Gasteiger partial charge in [-0.1, -0.05) is 49.4 Å². The van der Waals surface area contributed by atoms with Crippen molar-refractivity contribution in [3.63, 3.8) is 0 Å². The molecule has 1 heterocycles. The minimum absolute atomic E-state index is 0.0410. The maximum absolute atomic E-state index is 14.2. The van der Waals surface area contributed by atoms with E-state index < -0.39 is 5.69 Å². The maximum atomic E-state index is 14.2. The van der Waals surface area contributed by atoms with Gasteiger partial charge in [-0.05, 0) is 42.3 Å². The minimum atomic E-state index is -0.490. The number of nitrogens with zero attached hydrogens (tertiary/aromatic N) is 2. The van der Waals surface area contributed by atoms with Crippen molar-refractivity contribution in [2.45, 2.75) is 19.9 Å². The van der Waals surface area contributed by atoms with Crippen molar-refractivity contribution < 1.29 is 4.39 Å². The van der Waals surface area contributed by atoms with E-state index in [4.69, 9.17) is 0 Å². The zero-order chi connectivity index (χ0) is 19.7. The maximum Gasteiger partial charge on any atom is 0.336 e. The van der Waals surface area contributed by atoms with Crippen molar-refractivity contribution >= 4 is 10.9 Å². The van der Waals surface area contributed by atoms with Crippen LogP contribution in [0.2, 0.25) is 0 Å². The number of para-hydroxylation sites is 1. The third kappa shape index (κ3) is 3.05. The second-order valence-electron chi connectivity index (χ2n) is 6.64. The van der Waals surface area contributed by atoms with Gasteiger partial charge in [0.15, 0.2) is 0 Å². The van der Waals surface area contributed by atoms with Crippen LogP contribution >= 0.6 is 0 Å². The molecule has 1 aromatic heterocycles. The second kappa shape index (κ2) is 7.27. The number of rotatable bonds is 4. The normalized spacial score (nSPS) is 11.1. The van der Waals surface area contributed by atoms with Crippen LogP contribution < -0.4 is 11.2 Å². The van der Waals surface area contributed by atoms with Gasteiger partial charge < -0.3 is 0 Å². The number of hydrogen-bond acceptors (Lipinski definition) is 2. The Morgan fingerprint density at radius 1 is 0.857 bits per heavy atom. The van der Waals surface area contributed by atoms with Crippen LogP contribution in [-0.2, 0) is 13.0 Å². The van der Waals surface area contributed by atoms with Crippen LogP contribution in [-0.4, -0.2) is 9.13 Å². The van der Waals surface area contributed by atoms with Crippen molar-refractivity contribution in [2.24, 2.45) is 0 Å². The Hall–Kier alpha value is -3.47. The molecule has 5 heteroatoms. The summed E-state index contributed by atoms with van der Waals surface area (Å²) in [5.41, 5.74) is 1.62. The lowest BCUT2D eigenvalue weighted by atomic mass is 10.1. The summed E-state index contributed by atoms with van der Waals surface area (Å²) >= 11 is 0. The van der Waals surface area contributed by atoms with E-state index in [1.807, 2.05) is 19.1 Å². The molecule has 0 aliphatic carbocycles. The van der Waals surface area contributed by atoms with E-state index in [1.165, 1.54) is 10.6 Å². The van der Waals surface area contributed by atoms with Crippen molar-refractivity contribution in [1.29, 1.82) is 0 Å². The van der Waals surface area contributed by atoms with E-state index in [1.54, 1.807) is 54.6 Å². The Morgan fingerprint density at radius 3 is 2.25 bits per heavy atom. The van der Waals surface area contributed by atoms with Gasteiger partial charge >= 0.3 is 5.69 Å². The van der Waals surface area contributed by atoms with Gasteiger partial charge in [0.2, 0.25) is 0 Å². The first-order valence-electron chi connectivity index (χ1n) is 9.17. The molecule has 0 bridgehead atoms. The van der Waals surface area contributed by atoms with Gasteiger partial charge in [0, 0.05) is 5.56 Å². The summed E-state index contributed by atoms with van der Waals surface area (Å²) in [6, 6.07) is 20.6. The standard InChI is InChI=1S/C23H19FN2O2/c1-2-16-11-13-18(14-12-16)26-22(27)19-8-4-6-10-21(19)25(23(26)28)15-17-7-3-5-9-20(17)24/h3-14H,2,15H2,1H3. The Morgan fingerprint density at radius 2 is 1.54 bits per heavy atom. The molecule has 4 nitrogen and oxygen atoms in total. The first-order chi connectivity index (χ1) is 13.6. The van der Waals surface area contributed by atoms with Crippen molar-refractivity contribution in [3.8, 4) is 5.69 Å². The quantitative estimate of drug-likeness (QED) is 0.544. The van der Waals surface area contributed by atoms with Gasteiger partial charge in [-0.2, -0.15) is 0 Å². The zero-order valence-electron chi connectivity index (χ0n) is 15.4. The lowest BCUT2D eigenvalue weighted by Crippen LogP contribution is -2.39. The molecule has 3 aromatic carbocycles. The van der Waals surface area contributed by atoms with E-state index in [-0.39, 0.29) is 17.9 Å². The molecule has 0 atom stereocenters. The molecule has 0 saturated carbocycles. The third-order valence-electron chi connectivity index (χ3n) is 4.94. The minimum Gasteiger partial charge on any atom is -0.288 e. The molecule has 0 saturated heterocycles. The van der Waals surface area contributed by atoms with E-state index in [2.05, 4.69) is 0 Å². The van der Waals surface area contributed by atoms with Gasteiger partial charge in [0.1, 0.15) is 5.82 Å². The van der Waals surface area contributed by atoms with Gasteiger partial charge in [0.05, 0.1) is 23.1 Å². The molecule has 0 fully saturated rings. The summed E-state index contributed by atoms with van der Waals surface area (Å²) < 4.78 is 16.8. The topological polar surface area (TPSA) is 44.0 Å². The summed E-state index contributed by atoms with van der Waals surface area (Å²) in [4.78, 5) is 26.3. The zero-order valence-corrected chi connectivity index (χ0v) is 15.4. The molecule has 28 heavy (non-hydrogen) atoms. The van der Waals surface area contributed by atoms with Crippen molar-refractivity contribution in [2.75, 3.05) is 0 Å². The van der Waals surface area contributed by atoms with Crippen LogP contribution in [0.5, 0.6) is 0 Å². The van der Waals surface area contributed by atoms with Gasteiger partial charge in [0.25, 0.3) is 5.56 Å². The summed E-state index contributed by atoms with van der Waals surface area (Å²) in [6.45, 7) is 2.08. The number of hydrogen-bond donors (Lipinski definition) is 0. The first-order valence-corrected chi connectivity index (χ1v) is 9.17. The Bertz CT molecular complexity index is 1270. The fourth-order valence-corrected chi connectivity index (χ4v) is 3.38. The highest BCUT2D eigenvalue weighted by molar-refractivity contribution is 5.78. The Balaban J connectivity index is 2.00. The smallest absolute Gasteiger partial charge is 0.288 e.